The van der Waals surface area contributed by atoms with Gasteiger partial charge in [-0.3, -0.25) is 0 Å². The summed E-state index contributed by atoms with van der Waals surface area (Å²) in [5.41, 5.74) is 2.58. The number of hydrogen-bond acceptors (Lipinski definition) is 3. The second kappa shape index (κ2) is 5.93. The summed E-state index contributed by atoms with van der Waals surface area (Å²) in [5.74, 6) is 2.63. The quantitative estimate of drug-likeness (QED) is 0.889. The van der Waals surface area contributed by atoms with E-state index >= 15 is 0 Å². The fourth-order valence-electron chi connectivity index (χ4n) is 2.13. The molecule has 0 unspecified atom stereocenters. The maximum Gasteiger partial charge on any atom is 0.146 e. The minimum Gasteiger partial charge on any atom is -0.486 e. The molecular formula is C16H20O3. The zero-order valence-corrected chi connectivity index (χ0v) is 11.6. The van der Waals surface area contributed by atoms with Crippen LogP contribution in [0, 0.1) is 6.92 Å². The predicted octanol–water partition coefficient (Wildman–Crippen LogP) is 3.78. The van der Waals surface area contributed by atoms with Crippen molar-refractivity contribution in [3.63, 3.8) is 0 Å². The van der Waals surface area contributed by atoms with Crippen molar-refractivity contribution in [3.8, 4) is 5.75 Å². The first-order valence-corrected chi connectivity index (χ1v) is 6.52. The summed E-state index contributed by atoms with van der Waals surface area (Å²) >= 11 is 0. The topological polar surface area (TPSA) is 42.6 Å². The smallest absolute Gasteiger partial charge is 0.146 e. The third-order valence-corrected chi connectivity index (χ3v) is 3.12. The van der Waals surface area contributed by atoms with Crippen LogP contribution in [0.1, 0.15) is 42.4 Å². The summed E-state index contributed by atoms with van der Waals surface area (Å²) in [4.78, 5) is 0. The van der Waals surface area contributed by atoms with Crippen LogP contribution in [-0.4, -0.2) is 5.11 Å². The Hall–Kier alpha value is -1.74. The minimum absolute atomic E-state index is 0.0812. The summed E-state index contributed by atoms with van der Waals surface area (Å²) in [6.07, 6.45) is 0. The van der Waals surface area contributed by atoms with Crippen LogP contribution >= 0.6 is 0 Å². The van der Waals surface area contributed by atoms with Crippen LogP contribution in [0.2, 0.25) is 0 Å². The molecule has 102 valence electrons. The molecule has 0 fully saturated rings. The number of benzene rings is 1. The Morgan fingerprint density at radius 1 is 1.16 bits per heavy atom. The maximum absolute atomic E-state index is 8.92. The van der Waals surface area contributed by atoms with Crippen molar-refractivity contribution in [1.82, 2.24) is 0 Å². The van der Waals surface area contributed by atoms with E-state index in [4.69, 9.17) is 14.3 Å². The number of aliphatic hydroxyl groups is 1. The first-order chi connectivity index (χ1) is 9.10. The molecule has 3 nitrogen and oxygen atoms in total. The van der Waals surface area contributed by atoms with Crippen molar-refractivity contribution >= 4 is 0 Å². The highest BCUT2D eigenvalue weighted by atomic mass is 16.5. The molecule has 1 aromatic heterocycles. The summed E-state index contributed by atoms with van der Waals surface area (Å²) < 4.78 is 11.1. The average Bonchev–Trinajstić information content (AvgIpc) is 2.84. The lowest BCUT2D eigenvalue weighted by atomic mass is 9.98. The Morgan fingerprint density at radius 2 is 1.89 bits per heavy atom. The molecule has 2 aromatic rings. The highest BCUT2D eigenvalue weighted by Crippen LogP contribution is 2.24. The Morgan fingerprint density at radius 3 is 2.47 bits per heavy atom. The summed E-state index contributed by atoms with van der Waals surface area (Å²) in [7, 11) is 0. The summed E-state index contributed by atoms with van der Waals surface area (Å²) in [6, 6.07) is 9.72. The third kappa shape index (κ3) is 3.38. The Balaban J connectivity index is 2.01. The van der Waals surface area contributed by atoms with E-state index in [1.165, 1.54) is 11.1 Å². The molecule has 0 saturated carbocycles. The molecular weight excluding hydrogens is 240 g/mol. The van der Waals surface area contributed by atoms with Gasteiger partial charge in [0.1, 0.15) is 30.5 Å². The van der Waals surface area contributed by atoms with Gasteiger partial charge in [0.15, 0.2) is 0 Å². The monoisotopic (exact) mass is 260 g/mol. The first kappa shape index (κ1) is 13.7. The maximum atomic E-state index is 8.92. The van der Waals surface area contributed by atoms with Crippen molar-refractivity contribution in [2.24, 2.45) is 0 Å². The van der Waals surface area contributed by atoms with E-state index in [-0.39, 0.29) is 6.61 Å². The molecule has 0 saturated heterocycles. The van der Waals surface area contributed by atoms with Crippen LogP contribution in [0.4, 0.5) is 0 Å². The van der Waals surface area contributed by atoms with Gasteiger partial charge in [-0.05, 0) is 48.2 Å². The highest BCUT2D eigenvalue weighted by Gasteiger charge is 2.06. The fraction of sp³-hybridized carbons (Fsp3) is 0.375. The second-order valence-electron chi connectivity index (χ2n) is 4.99. The van der Waals surface area contributed by atoms with E-state index in [2.05, 4.69) is 26.8 Å². The van der Waals surface area contributed by atoms with E-state index in [0.29, 0.717) is 18.3 Å². The van der Waals surface area contributed by atoms with Gasteiger partial charge < -0.3 is 14.3 Å². The zero-order chi connectivity index (χ0) is 13.8. The molecule has 0 atom stereocenters. The van der Waals surface area contributed by atoms with Crippen LogP contribution in [0.15, 0.2) is 34.7 Å². The number of ether oxygens (including phenoxy) is 1. The molecule has 2 rings (SSSR count). The lowest BCUT2D eigenvalue weighted by Gasteiger charge is -2.11. The van der Waals surface area contributed by atoms with E-state index in [1.807, 2.05) is 18.2 Å². The van der Waals surface area contributed by atoms with Crippen molar-refractivity contribution in [1.29, 1.82) is 0 Å². The SMILES string of the molecule is Cc1cc(OCc2ccc(CO)o2)ccc1C(C)C. The number of aryl methyl sites for hydroxylation is 1. The van der Waals surface area contributed by atoms with E-state index in [0.717, 1.165) is 11.5 Å². The summed E-state index contributed by atoms with van der Waals surface area (Å²) in [6.45, 7) is 6.76. The lowest BCUT2D eigenvalue weighted by Crippen LogP contribution is -1.97. The minimum atomic E-state index is -0.0812. The Labute approximate surface area is 113 Å². The molecule has 0 aliphatic rings. The van der Waals surface area contributed by atoms with Crippen molar-refractivity contribution in [3.05, 3.63) is 53.0 Å². The molecule has 0 radical (unpaired) electrons. The molecule has 0 aliphatic heterocycles. The molecule has 0 amide bonds. The third-order valence-electron chi connectivity index (χ3n) is 3.12. The normalized spacial score (nSPS) is 11.0. The van der Waals surface area contributed by atoms with Gasteiger partial charge in [0.2, 0.25) is 0 Å². The number of rotatable bonds is 5. The van der Waals surface area contributed by atoms with Gasteiger partial charge in [0.25, 0.3) is 0 Å². The molecule has 0 aliphatic carbocycles. The molecule has 0 bridgehead atoms. The number of hydrogen-bond donors (Lipinski definition) is 1. The van der Waals surface area contributed by atoms with Crippen LogP contribution in [0.3, 0.4) is 0 Å². The lowest BCUT2D eigenvalue weighted by molar-refractivity contribution is 0.224. The molecule has 1 aromatic carbocycles. The predicted molar refractivity (Wildman–Crippen MR) is 74.2 cm³/mol. The second-order valence-corrected chi connectivity index (χ2v) is 4.99. The van der Waals surface area contributed by atoms with Crippen molar-refractivity contribution in [2.45, 2.75) is 39.9 Å². The largest absolute Gasteiger partial charge is 0.486 e. The number of aliphatic hydroxyl groups excluding tert-OH is 1. The molecule has 0 spiro atoms. The zero-order valence-electron chi connectivity index (χ0n) is 11.6. The van der Waals surface area contributed by atoms with Gasteiger partial charge in [-0.1, -0.05) is 19.9 Å². The van der Waals surface area contributed by atoms with E-state index < -0.39 is 0 Å². The van der Waals surface area contributed by atoms with Gasteiger partial charge >= 0.3 is 0 Å². The van der Waals surface area contributed by atoms with Crippen LogP contribution < -0.4 is 4.74 Å². The van der Waals surface area contributed by atoms with E-state index in [9.17, 15) is 0 Å². The van der Waals surface area contributed by atoms with Crippen LogP contribution in [0.5, 0.6) is 5.75 Å². The van der Waals surface area contributed by atoms with Gasteiger partial charge in [-0.2, -0.15) is 0 Å². The standard InChI is InChI=1S/C16H20O3/c1-11(2)16-7-6-13(8-12(16)3)18-10-15-5-4-14(9-17)19-15/h4-8,11,17H,9-10H2,1-3H3. The van der Waals surface area contributed by atoms with Gasteiger partial charge in [0.05, 0.1) is 0 Å². The Kier molecular flexibility index (Phi) is 4.27. The molecule has 3 heteroatoms. The van der Waals surface area contributed by atoms with Crippen LogP contribution in [0.25, 0.3) is 0 Å². The van der Waals surface area contributed by atoms with Crippen LogP contribution in [-0.2, 0) is 13.2 Å². The fourth-order valence-corrected chi connectivity index (χ4v) is 2.13. The average molecular weight is 260 g/mol. The highest BCUT2D eigenvalue weighted by molar-refractivity contribution is 5.36. The molecule has 1 heterocycles. The molecule has 19 heavy (non-hydrogen) atoms. The van der Waals surface area contributed by atoms with Crippen molar-refractivity contribution in [2.75, 3.05) is 0 Å². The van der Waals surface area contributed by atoms with Gasteiger partial charge in [-0.25, -0.2) is 0 Å². The van der Waals surface area contributed by atoms with Crippen molar-refractivity contribution < 1.29 is 14.3 Å². The number of furan rings is 1. The van der Waals surface area contributed by atoms with Gasteiger partial charge in [0, 0.05) is 0 Å². The van der Waals surface area contributed by atoms with E-state index in [1.54, 1.807) is 6.07 Å². The molecule has 1 N–H and O–H groups in total. The van der Waals surface area contributed by atoms with Gasteiger partial charge in [-0.15, -0.1) is 0 Å². The first-order valence-electron chi connectivity index (χ1n) is 6.52. The summed E-state index contributed by atoms with van der Waals surface area (Å²) in [5, 5.41) is 8.92. The Bertz CT molecular complexity index is 541.